The molecule has 1 aromatic rings. The van der Waals surface area contributed by atoms with Crippen molar-refractivity contribution in [1.82, 2.24) is 0 Å². The lowest BCUT2D eigenvalue weighted by Gasteiger charge is -2.21. The highest BCUT2D eigenvalue weighted by molar-refractivity contribution is 7.91. The summed E-state index contributed by atoms with van der Waals surface area (Å²) >= 11 is 0. The van der Waals surface area contributed by atoms with Crippen LogP contribution in [0.5, 0.6) is 0 Å². The molecule has 1 atom stereocenters. The number of sulfone groups is 1. The summed E-state index contributed by atoms with van der Waals surface area (Å²) < 4.78 is 23.1. The van der Waals surface area contributed by atoms with E-state index in [0.29, 0.717) is 6.42 Å². The fourth-order valence-electron chi connectivity index (χ4n) is 2.69. The first-order valence-electron chi connectivity index (χ1n) is 7.48. The maximum Gasteiger partial charge on any atom is 0.152 e. The van der Waals surface area contributed by atoms with Gasteiger partial charge in [-0.15, -0.1) is 0 Å². The van der Waals surface area contributed by atoms with Gasteiger partial charge in [0.1, 0.15) is 0 Å². The number of rotatable bonds is 5. The van der Waals surface area contributed by atoms with Crippen molar-refractivity contribution in [1.29, 1.82) is 0 Å². The van der Waals surface area contributed by atoms with E-state index < -0.39 is 15.4 Å². The summed E-state index contributed by atoms with van der Waals surface area (Å²) in [5.41, 5.74) is 1.75. The molecule has 5 heteroatoms. The molecule has 1 heterocycles. The molecule has 116 valence electrons. The van der Waals surface area contributed by atoms with Crippen LogP contribution in [0, 0.1) is 0 Å². The molecule has 0 unspecified atom stereocenters. The lowest BCUT2D eigenvalue weighted by atomic mass is 10.0. The molecule has 0 amide bonds. The number of benzene rings is 1. The molecule has 0 spiro atoms. The lowest BCUT2D eigenvalue weighted by Crippen LogP contribution is -2.23. The normalized spacial score (nSPS) is 24.5. The van der Waals surface area contributed by atoms with Gasteiger partial charge in [0.2, 0.25) is 0 Å². The maximum absolute atomic E-state index is 11.6. The van der Waals surface area contributed by atoms with Crippen LogP contribution in [0.2, 0.25) is 0 Å². The van der Waals surface area contributed by atoms with E-state index in [1.807, 2.05) is 19.1 Å². The molecular formula is C16H24N2O2S. The predicted molar refractivity (Wildman–Crippen MR) is 89.3 cm³/mol. The van der Waals surface area contributed by atoms with Crippen LogP contribution in [0.1, 0.15) is 32.8 Å². The van der Waals surface area contributed by atoms with Gasteiger partial charge in [0.05, 0.1) is 17.0 Å². The Morgan fingerprint density at radius 1 is 1.24 bits per heavy atom. The minimum atomic E-state index is -2.90. The maximum atomic E-state index is 11.6. The summed E-state index contributed by atoms with van der Waals surface area (Å²) in [6.07, 6.45) is 2.41. The van der Waals surface area contributed by atoms with Crippen molar-refractivity contribution in [3.8, 4) is 0 Å². The van der Waals surface area contributed by atoms with E-state index in [0.717, 1.165) is 18.7 Å². The van der Waals surface area contributed by atoms with Gasteiger partial charge in [-0.2, -0.15) is 0 Å². The number of anilines is 1. The number of hydrogen-bond acceptors (Lipinski definition) is 4. The largest absolute Gasteiger partial charge is 0.372 e. The van der Waals surface area contributed by atoms with Crippen molar-refractivity contribution < 1.29 is 8.42 Å². The third-order valence-corrected chi connectivity index (χ3v) is 5.92. The smallest absolute Gasteiger partial charge is 0.152 e. The number of hydrogen-bond donors (Lipinski definition) is 0. The summed E-state index contributed by atoms with van der Waals surface area (Å²) in [4.78, 5) is 6.80. The van der Waals surface area contributed by atoms with Crippen LogP contribution in [0.4, 0.5) is 5.69 Å². The van der Waals surface area contributed by atoms with Crippen molar-refractivity contribution >= 4 is 21.7 Å². The van der Waals surface area contributed by atoms with Crippen LogP contribution in [-0.2, 0) is 9.84 Å². The Kier molecular flexibility index (Phi) is 4.71. The highest BCUT2D eigenvalue weighted by Crippen LogP contribution is 2.26. The van der Waals surface area contributed by atoms with Crippen LogP contribution in [0.15, 0.2) is 29.3 Å². The molecule has 0 aliphatic carbocycles. The Balaban J connectivity index is 2.08. The van der Waals surface area contributed by atoms with E-state index in [1.165, 1.54) is 5.69 Å². The molecule has 1 aliphatic rings. The molecule has 1 saturated heterocycles. The summed E-state index contributed by atoms with van der Waals surface area (Å²) in [5, 5.41) is 0. The van der Waals surface area contributed by atoms with E-state index in [9.17, 15) is 8.42 Å². The van der Waals surface area contributed by atoms with Crippen molar-refractivity contribution in [2.75, 3.05) is 29.5 Å². The van der Waals surface area contributed by atoms with E-state index in [1.54, 1.807) is 6.21 Å². The van der Waals surface area contributed by atoms with E-state index in [2.05, 4.69) is 35.9 Å². The van der Waals surface area contributed by atoms with E-state index in [-0.39, 0.29) is 11.5 Å². The topological polar surface area (TPSA) is 49.7 Å². The van der Waals surface area contributed by atoms with Gasteiger partial charge in [-0.3, -0.25) is 4.99 Å². The number of aliphatic imine (C=N–C) groups is 1. The SMILES string of the molecule is CCN(CC)c1ccc(C=N[C@@]2(C)CCS(=O)(=O)C2)cc1. The molecule has 2 rings (SSSR count). The Morgan fingerprint density at radius 2 is 1.86 bits per heavy atom. The van der Waals surface area contributed by atoms with Gasteiger partial charge < -0.3 is 4.90 Å². The highest BCUT2D eigenvalue weighted by Gasteiger charge is 2.37. The number of nitrogens with zero attached hydrogens (tertiary/aromatic N) is 2. The second-order valence-electron chi connectivity index (χ2n) is 5.86. The van der Waals surface area contributed by atoms with E-state index >= 15 is 0 Å². The monoisotopic (exact) mass is 308 g/mol. The molecule has 1 aliphatic heterocycles. The Labute approximate surface area is 127 Å². The third kappa shape index (κ3) is 4.06. The first-order chi connectivity index (χ1) is 9.87. The zero-order valence-electron chi connectivity index (χ0n) is 13.0. The summed E-state index contributed by atoms with van der Waals surface area (Å²) in [6.45, 7) is 8.17. The first-order valence-corrected chi connectivity index (χ1v) is 9.30. The molecule has 1 aromatic carbocycles. The molecule has 0 aromatic heterocycles. The van der Waals surface area contributed by atoms with Crippen molar-refractivity contribution in [3.05, 3.63) is 29.8 Å². The second kappa shape index (κ2) is 6.18. The standard InChI is InChI=1S/C16H24N2O2S/c1-4-18(5-2)15-8-6-14(7-9-15)12-17-16(3)10-11-21(19,20)13-16/h6-9,12H,4-5,10-11,13H2,1-3H3/t16-/m0/s1. The van der Waals surface area contributed by atoms with E-state index in [4.69, 9.17) is 0 Å². The summed E-state index contributed by atoms with van der Waals surface area (Å²) in [7, 11) is -2.90. The van der Waals surface area contributed by atoms with Crippen molar-refractivity contribution in [2.24, 2.45) is 4.99 Å². The Bertz CT molecular complexity index is 604. The van der Waals surface area contributed by atoms with Gasteiger partial charge >= 0.3 is 0 Å². The molecule has 1 fully saturated rings. The van der Waals surface area contributed by atoms with Gasteiger partial charge in [0.15, 0.2) is 9.84 Å². The molecule has 0 bridgehead atoms. The zero-order valence-corrected chi connectivity index (χ0v) is 13.9. The quantitative estimate of drug-likeness (QED) is 0.785. The molecule has 0 saturated carbocycles. The van der Waals surface area contributed by atoms with Crippen molar-refractivity contribution in [2.45, 2.75) is 32.7 Å². The van der Waals surface area contributed by atoms with Crippen LogP contribution < -0.4 is 4.90 Å². The van der Waals surface area contributed by atoms with Crippen LogP contribution >= 0.6 is 0 Å². The van der Waals surface area contributed by atoms with Crippen LogP contribution in [0.25, 0.3) is 0 Å². The summed E-state index contributed by atoms with van der Waals surface area (Å²) in [5.74, 6) is 0.412. The van der Waals surface area contributed by atoms with Gasteiger partial charge in [-0.25, -0.2) is 8.42 Å². The first kappa shape index (κ1) is 16.0. The van der Waals surface area contributed by atoms with Crippen molar-refractivity contribution in [3.63, 3.8) is 0 Å². The average Bonchev–Trinajstić information content (AvgIpc) is 2.74. The molecule has 0 N–H and O–H groups in total. The Morgan fingerprint density at radius 3 is 2.33 bits per heavy atom. The van der Waals surface area contributed by atoms with Crippen LogP contribution in [0.3, 0.4) is 0 Å². The van der Waals surface area contributed by atoms with Gasteiger partial charge in [0, 0.05) is 25.0 Å². The Hall–Kier alpha value is -1.36. The molecule has 21 heavy (non-hydrogen) atoms. The average molecular weight is 308 g/mol. The molecular weight excluding hydrogens is 284 g/mol. The zero-order chi connectivity index (χ0) is 15.5. The fourth-order valence-corrected chi connectivity index (χ4v) is 4.75. The fraction of sp³-hybridized carbons (Fsp3) is 0.562. The summed E-state index contributed by atoms with van der Waals surface area (Å²) in [6, 6.07) is 8.23. The second-order valence-corrected chi connectivity index (χ2v) is 8.05. The van der Waals surface area contributed by atoms with Gasteiger partial charge in [-0.1, -0.05) is 12.1 Å². The molecule has 4 nitrogen and oxygen atoms in total. The van der Waals surface area contributed by atoms with Crippen LogP contribution in [-0.4, -0.2) is 44.8 Å². The minimum absolute atomic E-state index is 0.161. The lowest BCUT2D eigenvalue weighted by molar-refractivity contribution is 0.536. The minimum Gasteiger partial charge on any atom is -0.372 e. The third-order valence-electron chi connectivity index (χ3n) is 4.03. The molecule has 0 radical (unpaired) electrons. The predicted octanol–water partition coefficient (Wildman–Crippen LogP) is 2.53. The highest BCUT2D eigenvalue weighted by atomic mass is 32.2. The van der Waals surface area contributed by atoms with Gasteiger partial charge in [-0.05, 0) is 44.9 Å². The van der Waals surface area contributed by atoms with Gasteiger partial charge in [0.25, 0.3) is 0 Å².